The van der Waals surface area contributed by atoms with Gasteiger partial charge < -0.3 is 10.2 Å². The average molecular weight is 183 g/mol. The Kier molecular flexibility index (Phi) is 2.75. The van der Waals surface area contributed by atoms with E-state index in [1.807, 2.05) is 37.9 Å². The normalized spacial score (nSPS) is 25.6. The van der Waals surface area contributed by atoms with Crippen LogP contribution in [0, 0.1) is 0 Å². The number of hydrogen-bond donors (Lipinski definition) is 1. The van der Waals surface area contributed by atoms with E-state index in [2.05, 4.69) is 15.3 Å². The van der Waals surface area contributed by atoms with Gasteiger partial charge in [0.2, 0.25) is 11.9 Å². The van der Waals surface area contributed by atoms with E-state index in [9.17, 15) is 0 Å². The van der Waals surface area contributed by atoms with Crippen molar-refractivity contribution in [2.75, 3.05) is 28.2 Å². The Morgan fingerprint density at radius 2 is 2.15 bits per heavy atom. The summed E-state index contributed by atoms with van der Waals surface area (Å²) in [5, 5.41) is 3.16. The van der Waals surface area contributed by atoms with E-state index in [1.54, 1.807) is 7.05 Å². The van der Waals surface area contributed by atoms with E-state index in [1.165, 1.54) is 0 Å². The van der Waals surface area contributed by atoms with Crippen molar-refractivity contribution < 1.29 is 0 Å². The van der Waals surface area contributed by atoms with Crippen LogP contribution in [-0.4, -0.2) is 56.1 Å². The molecule has 1 aliphatic heterocycles. The van der Waals surface area contributed by atoms with Crippen molar-refractivity contribution in [3.05, 3.63) is 0 Å². The highest BCUT2D eigenvalue weighted by Crippen LogP contribution is 2.02. The number of nitrogens with zero attached hydrogens (tertiary/aromatic N) is 4. The monoisotopic (exact) mass is 183 g/mol. The maximum absolute atomic E-state index is 4.44. The van der Waals surface area contributed by atoms with Gasteiger partial charge in [-0.1, -0.05) is 0 Å². The highest BCUT2D eigenvalue weighted by atomic mass is 15.5. The molecule has 0 aromatic heterocycles. The van der Waals surface area contributed by atoms with Crippen LogP contribution in [0.4, 0.5) is 0 Å². The first-order chi connectivity index (χ1) is 6.06. The summed E-state index contributed by atoms with van der Waals surface area (Å²) in [5.74, 6) is 1.78. The summed E-state index contributed by atoms with van der Waals surface area (Å²) >= 11 is 0. The van der Waals surface area contributed by atoms with Crippen LogP contribution in [0.5, 0.6) is 0 Å². The Hall–Kier alpha value is -1.26. The summed E-state index contributed by atoms with van der Waals surface area (Å²) in [5.41, 5.74) is 0. The number of aliphatic imine (C=N–C) groups is 2. The van der Waals surface area contributed by atoms with Gasteiger partial charge in [0.15, 0.2) is 0 Å². The quantitative estimate of drug-likeness (QED) is 0.564. The molecule has 1 rings (SSSR count). The summed E-state index contributed by atoms with van der Waals surface area (Å²) in [6.45, 7) is 2.00. The zero-order valence-electron chi connectivity index (χ0n) is 8.87. The molecule has 0 aromatic rings. The SMILES string of the molecule is CN=C1N[C@@H](C)N=C(N(C)C)N1C. The van der Waals surface area contributed by atoms with Crippen molar-refractivity contribution >= 4 is 11.9 Å². The first-order valence-corrected chi connectivity index (χ1v) is 4.28. The summed E-state index contributed by atoms with van der Waals surface area (Å²) in [6.07, 6.45) is 0.0901. The van der Waals surface area contributed by atoms with E-state index < -0.39 is 0 Å². The van der Waals surface area contributed by atoms with Crippen LogP contribution in [0.25, 0.3) is 0 Å². The number of hydrogen-bond acceptors (Lipinski definition) is 3. The van der Waals surface area contributed by atoms with Gasteiger partial charge >= 0.3 is 0 Å². The van der Waals surface area contributed by atoms with Gasteiger partial charge in [0.1, 0.15) is 6.17 Å². The Bertz CT molecular complexity index is 243. The summed E-state index contributed by atoms with van der Waals surface area (Å²) in [7, 11) is 7.66. The van der Waals surface area contributed by atoms with Crippen LogP contribution >= 0.6 is 0 Å². The zero-order chi connectivity index (χ0) is 10.0. The van der Waals surface area contributed by atoms with Gasteiger partial charge in [0.25, 0.3) is 0 Å². The molecule has 0 saturated carbocycles. The molecule has 0 saturated heterocycles. The van der Waals surface area contributed by atoms with Crippen molar-refractivity contribution in [2.45, 2.75) is 13.1 Å². The molecule has 1 N–H and O–H groups in total. The van der Waals surface area contributed by atoms with Crippen LogP contribution in [0.1, 0.15) is 6.92 Å². The molecule has 13 heavy (non-hydrogen) atoms. The third-order valence-electron chi connectivity index (χ3n) is 1.88. The van der Waals surface area contributed by atoms with Gasteiger partial charge in [0, 0.05) is 28.2 Å². The summed E-state index contributed by atoms with van der Waals surface area (Å²) in [6, 6.07) is 0. The fourth-order valence-corrected chi connectivity index (χ4v) is 1.30. The summed E-state index contributed by atoms with van der Waals surface area (Å²) < 4.78 is 0. The molecular weight excluding hydrogens is 166 g/mol. The maximum Gasteiger partial charge on any atom is 0.204 e. The highest BCUT2D eigenvalue weighted by Gasteiger charge is 2.21. The highest BCUT2D eigenvalue weighted by molar-refractivity contribution is 5.99. The van der Waals surface area contributed by atoms with Crippen LogP contribution in [0.15, 0.2) is 9.98 Å². The second-order valence-electron chi connectivity index (χ2n) is 3.25. The number of rotatable bonds is 0. The average Bonchev–Trinajstić information content (AvgIpc) is 2.08. The topological polar surface area (TPSA) is 43.2 Å². The van der Waals surface area contributed by atoms with Gasteiger partial charge in [-0.3, -0.25) is 9.89 Å². The first kappa shape index (κ1) is 9.83. The molecule has 0 aromatic carbocycles. The summed E-state index contributed by atoms with van der Waals surface area (Å²) in [4.78, 5) is 12.5. The lowest BCUT2D eigenvalue weighted by molar-refractivity contribution is 0.473. The molecule has 0 radical (unpaired) electrons. The van der Waals surface area contributed by atoms with Crippen molar-refractivity contribution in [2.24, 2.45) is 9.98 Å². The van der Waals surface area contributed by atoms with E-state index >= 15 is 0 Å². The van der Waals surface area contributed by atoms with Crippen molar-refractivity contribution in [3.63, 3.8) is 0 Å². The van der Waals surface area contributed by atoms with E-state index in [-0.39, 0.29) is 6.17 Å². The molecule has 0 unspecified atom stereocenters. The zero-order valence-corrected chi connectivity index (χ0v) is 8.87. The Balaban J connectivity index is 2.94. The van der Waals surface area contributed by atoms with Crippen LogP contribution in [0.2, 0.25) is 0 Å². The van der Waals surface area contributed by atoms with E-state index in [4.69, 9.17) is 0 Å². The minimum absolute atomic E-state index is 0.0901. The first-order valence-electron chi connectivity index (χ1n) is 4.28. The maximum atomic E-state index is 4.44. The molecule has 74 valence electrons. The minimum atomic E-state index is 0.0901. The smallest absolute Gasteiger partial charge is 0.204 e. The fraction of sp³-hybridized carbons (Fsp3) is 0.750. The molecule has 0 fully saturated rings. The lowest BCUT2D eigenvalue weighted by atomic mass is 10.5. The Labute approximate surface area is 79.1 Å². The van der Waals surface area contributed by atoms with Gasteiger partial charge in [-0.15, -0.1) is 0 Å². The lowest BCUT2D eigenvalue weighted by Gasteiger charge is -2.33. The number of guanidine groups is 2. The van der Waals surface area contributed by atoms with Gasteiger partial charge in [-0.25, -0.2) is 4.99 Å². The lowest BCUT2D eigenvalue weighted by Crippen LogP contribution is -2.54. The second kappa shape index (κ2) is 3.64. The van der Waals surface area contributed by atoms with E-state index in [0.29, 0.717) is 0 Å². The molecule has 0 bridgehead atoms. The number of nitrogens with one attached hydrogen (secondary N) is 1. The van der Waals surface area contributed by atoms with Gasteiger partial charge in [0.05, 0.1) is 0 Å². The predicted molar refractivity (Wildman–Crippen MR) is 54.8 cm³/mol. The van der Waals surface area contributed by atoms with Crippen molar-refractivity contribution in [1.82, 2.24) is 15.1 Å². The molecule has 0 spiro atoms. The van der Waals surface area contributed by atoms with Crippen LogP contribution in [0.3, 0.4) is 0 Å². The molecular formula is C8H17N5. The fourth-order valence-electron chi connectivity index (χ4n) is 1.30. The molecule has 1 aliphatic rings. The van der Waals surface area contributed by atoms with E-state index in [0.717, 1.165) is 11.9 Å². The van der Waals surface area contributed by atoms with Crippen molar-refractivity contribution in [3.8, 4) is 0 Å². The Morgan fingerprint density at radius 1 is 1.54 bits per heavy atom. The second-order valence-corrected chi connectivity index (χ2v) is 3.25. The molecule has 1 atom stereocenters. The molecule has 1 heterocycles. The predicted octanol–water partition coefficient (Wildman–Crippen LogP) is -0.229. The molecule has 5 nitrogen and oxygen atoms in total. The largest absolute Gasteiger partial charge is 0.349 e. The van der Waals surface area contributed by atoms with Gasteiger partial charge in [-0.2, -0.15) is 0 Å². The Morgan fingerprint density at radius 3 is 2.62 bits per heavy atom. The minimum Gasteiger partial charge on any atom is -0.349 e. The van der Waals surface area contributed by atoms with Gasteiger partial charge in [-0.05, 0) is 6.92 Å². The molecule has 5 heteroatoms. The van der Waals surface area contributed by atoms with Crippen LogP contribution < -0.4 is 5.32 Å². The molecule has 0 aliphatic carbocycles. The van der Waals surface area contributed by atoms with Crippen LogP contribution in [-0.2, 0) is 0 Å². The van der Waals surface area contributed by atoms with Crippen molar-refractivity contribution in [1.29, 1.82) is 0 Å². The molecule has 0 amide bonds. The standard InChI is InChI=1S/C8H17N5/c1-6-10-7(9-2)13(5)8(11-6)12(3)4/h6H,1-5H3,(H,9,10)/t6-/m1/s1. The third kappa shape index (κ3) is 1.91. The third-order valence-corrected chi connectivity index (χ3v) is 1.88.